The van der Waals surface area contributed by atoms with Crippen LogP contribution >= 0.6 is 0 Å². The van der Waals surface area contributed by atoms with Crippen LogP contribution in [0, 0.1) is 11.8 Å². The number of carbonyl (C=O) groups is 2. The fourth-order valence-corrected chi connectivity index (χ4v) is 1.94. The zero-order valence-corrected chi connectivity index (χ0v) is 11.0. The van der Waals surface area contributed by atoms with Gasteiger partial charge in [-0.1, -0.05) is 13.8 Å². The molecule has 1 saturated heterocycles. The molecule has 0 bridgehead atoms. The van der Waals surface area contributed by atoms with E-state index in [1.54, 1.807) is 11.9 Å². The Balaban J connectivity index is 2.54. The van der Waals surface area contributed by atoms with Gasteiger partial charge in [-0.2, -0.15) is 0 Å². The molecule has 1 atom stereocenters. The summed E-state index contributed by atoms with van der Waals surface area (Å²) in [6.07, 6.45) is 0.873. The summed E-state index contributed by atoms with van der Waals surface area (Å²) in [6, 6.07) is 0. The molecular weight excluding hydrogens is 218 g/mol. The number of carbonyl (C=O) groups excluding carboxylic acids is 2. The maximum Gasteiger partial charge on any atom is 0.239 e. The third-order valence-corrected chi connectivity index (χ3v) is 3.33. The summed E-state index contributed by atoms with van der Waals surface area (Å²) in [5, 5.41) is 5.73. The highest BCUT2D eigenvalue weighted by molar-refractivity contribution is 5.85. The number of hydrogen-bond acceptors (Lipinski definition) is 3. The van der Waals surface area contributed by atoms with Gasteiger partial charge in [-0.3, -0.25) is 9.59 Å². The van der Waals surface area contributed by atoms with Crippen LogP contribution in [0.3, 0.4) is 0 Å². The maximum absolute atomic E-state index is 12.2. The van der Waals surface area contributed by atoms with Crippen molar-refractivity contribution in [1.29, 1.82) is 0 Å². The van der Waals surface area contributed by atoms with Gasteiger partial charge in [0.05, 0.1) is 6.54 Å². The Bertz CT molecular complexity index is 277. The van der Waals surface area contributed by atoms with Crippen molar-refractivity contribution in [3.8, 4) is 0 Å². The van der Waals surface area contributed by atoms with Gasteiger partial charge in [0.25, 0.3) is 0 Å². The summed E-state index contributed by atoms with van der Waals surface area (Å²) >= 11 is 0. The molecule has 0 aromatic carbocycles. The van der Waals surface area contributed by atoms with E-state index >= 15 is 0 Å². The van der Waals surface area contributed by atoms with Gasteiger partial charge in [0, 0.05) is 19.5 Å². The molecule has 5 nitrogen and oxygen atoms in total. The fraction of sp³-hybridized carbons (Fsp3) is 0.833. The van der Waals surface area contributed by atoms with E-state index in [-0.39, 0.29) is 24.3 Å². The molecule has 98 valence electrons. The summed E-state index contributed by atoms with van der Waals surface area (Å²) in [5.74, 6) is 0.423. The molecule has 0 saturated carbocycles. The van der Waals surface area contributed by atoms with Crippen molar-refractivity contribution < 1.29 is 9.59 Å². The molecule has 1 aliphatic rings. The van der Waals surface area contributed by atoms with Crippen LogP contribution in [0.15, 0.2) is 0 Å². The summed E-state index contributed by atoms with van der Waals surface area (Å²) in [4.78, 5) is 25.3. The van der Waals surface area contributed by atoms with Crippen molar-refractivity contribution in [3.63, 3.8) is 0 Å². The largest absolute Gasteiger partial charge is 0.358 e. The van der Waals surface area contributed by atoms with Gasteiger partial charge in [0.1, 0.15) is 0 Å². The van der Waals surface area contributed by atoms with E-state index in [1.807, 2.05) is 13.8 Å². The molecule has 2 amide bonds. The van der Waals surface area contributed by atoms with Crippen LogP contribution in [0.5, 0.6) is 0 Å². The number of rotatable bonds is 6. The highest BCUT2D eigenvalue weighted by Crippen LogP contribution is 2.18. The standard InChI is InChI=1S/C12H23N3O2/c1-4-5-15(8-11(16)13-3)12(17)9(2)10-6-14-7-10/h9-10,14H,4-8H2,1-3H3,(H,13,16). The molecule has 0 aromatic heterocycles. The van der Waals surface area contributed by atoms with E-state index in [4.69, 9.17) is 0 Å². The molecule has 1 fully saturated rings. The molecule has 2 N–H and O–H groups in total. The third kappa shape index (κ3) is 3.70. The second-order valence-corrected chi connectivity index (χ2v) is 4.64. The molecule has 0 aliphatic carbocycles. The van der Waals surface area contributed by atoms with Gasteiger partial charge in [0.2, 0.25) is 11.8 Å². The monoisotopic (exact) mass is 241 g/mol. The zero-order valence-electron chi connectivity index (χ0n) is 11.0. The van der Waals surface area contributed by atoms with Gasteiger partial charge < -0.3 is 15.5 Å². The topological polar surface area (TPSA) is 61.4 Å². The van der Waals surface area contributed by atoms with Crippen LogP contribution in [0.2, 0.25) is 0 Å². The van der Waals surface area contributed by atoms with Crippen LogP contribution in [0.25, 0.3) is 0 Å². The highest BCUT2D eigenvalue weighted by atomic mass is 16.2. The van der Waals surface area contributed by atoms with Crippen LogP contribution in [-0.2, 0) is 9.59 Å². The zero-order chi connectivity index (χ0) is 12.8. The van der Waals surface area contributed by atoms with Crippen molar-refractivity contribution in [2.45, 2.75) is 20.3 Å². The predicted octanol–water partition coefficient (Wildman–Crippen LogP) is -0.173. The summed E-state index contributed by atoms with van der Waals surface area (Å²) in [7, 11) is 1.59. The first-order valence-corrected chi connectivity index (χ1v) is 6.30. The molecule has 0 radical (unpaired) electrons. The Morgan fingerprint density at radius 3 is 2.53 bits per heavy atom. The number of likely N-dealkylation sites (N-methyl/N-ethyl adjacent to an activating group) is 1. The average Bonchev–Trinajstić information content (AvgIpc) is 2.24. The second kappa shape index (κ2) is 6.59. The molecule has 1 heterocycles. The summed E-state index contributed by atoms with van der Waals surface area (Å²) in [5.41, 5.74) is 0. The number of nitrogens with one attached hydrogen (secondary N) is 2. The third-order valence-electron chi connectivity index (χ3n) is 3.33. The Kier molecular flexibility index (Phi) is 5.41. The molecule has 1 unspecified atom stereocenters. The van der Waals surface area contributed by atoms with E-state index in [0.717, 1.165) is 19.5 Å². The van der Waals surface area contributed by atoms with Crippen LogP contribution in [0.1, 0.15) is 20.3 Å². The first kappa shape index (κ1) is 14.0. The van der Waals surface area contributed by atoms with E-state index in [0.29, 0.717) is 12.5 Å². The van der Waals surface area contributed by atoms with Crippen LogP contribution in [0.4, 0.5) is 0 Å². The van der Waals surface area contributed by atoms with Gasteiger partial charge >= 0.3 is 0 Å². The molecule has 1 rings (SSSR count). The minimum Gasteiger partial charge on any atom is -0.358 e. The molecule has 0 aromatic rings. The summed E-state index contributed by atoms with van der Waals surface area (Å²) < 4.78 is 0. The molecule has 17 heavy (non-hydrogen) atoms. The molecule has 0 spiro atoms. The van der Waals surface area contributed by atoms with Gasteiger partial charge in [-0.05, 0) is 25.4 Å². The van der Waals surface area contributed by atoms with Gasteiger partial charge in [-0.25, -0.2) is 0 Å². The van der Waals surface area contributed by atoms with E-state index in [1.165, 1.54) is 0 Å². The van der Waals surface area contributed by atoms with Crippen LogP contribution in [-0.4, -0.2) is 49.9 Å². The molecular formula is C12H23N3O2. The number of nitrogens with zero attached hydrogens (tertiary/aromatic N) is 1. The Hall–Kier alpha value is -1.10. The lowest BCUT2D eigenvalue weighted by molar-refractivity contribution is -0.140. The summed E-state index contributed by atoms with van der Waals surface area (Å²) in [6.45, 7) is 6.62. The van der Waals surface area contributed by atoms with Crippen molar-refractivity contribution in [3.05, 3.63) is 0 Å². The minimum absolute atomic E-state index is 0.00690. The molecule has 1 aliphatic heterocycles. The number of amides is 2. The number of hydrogen-bond donors (Lipinski definition) is 2. The second-order valence-electron chi connectivity index (χ2n) is 4.64. The predicted molar refractivity (Wildman–Crippen MR) is 66.5 cm³/mol. The maximum atomic E-state index is 12.2. The van der Waals surface area contributed by atoms with Crippen molar-refractivity contribution >= 4 is 11.8 Å². The fourth-order valence-electron chi connectivity index (χ4n) is 1.94. The van der Waals surface area contributed by atoms with Crippen molar-refractivity contribution in [1.82, 2.24) is 15.5 Å². The lowest BCUT2D eigenvalue weighted by atomic mass is 9.88. The Labute approximate surface area is 103 Å². The van der Waals surface area contributed by atoms with E-state index < -0.39 is 0 Å². The Morgan fingerprint density at radius 2 is 2.12 bits per heavy atom. The van der Waals surface area contributed by atoms with E-state index in [9.17, 15) is 9.59 Å². The van der Waals surface area contributed by atoms with Crippen LogP contribution < -0.4 is 10.6 Å². The first-order valence-electron chi connectivity index (χ1n) is 6.30. The Morgan fingerprint density at radius 1 is 1.47 bits per heavy atom. The first-order chi connectivity index (χ1) is 8.10. The quantitative estimate of drug-likeness (QED) is 0.678. The molecule has 5 heteroatoms. The average molecular weight is 241 g/mol. The van der Waals surface area contributed by atoms with Crippen molar-refractivity contribution in [2.75, 3.05) is 33.2 Å². The normalized spacial score (nSPS) is 17.1. The SMILES string of the molecule is CCCN(CC(=O)NC)C(=O)C(C)C1CNC1. The lowest BCUT2D eigenvalue weighted by Crippen LogP contribution is -2.51. The van der Waals surface area contributed by atoms with Gasteiger partial charge in [-0.15, -0.1) is 0 Å². The van der Waals surface area contributed by atoms with Gasteiger partial charge in [0.15, 0.2) is 0 Å². The van der Waals surface area contributed by atoms with E-state index in [2.05, 4.69) is 10.6 Å². The van der Waals surface area contributed by atoms with Crippen molar-refractivity contribution in [2.24, 2.45) is 11.8 Å². The highest BCUT2D eigenvalue weighted by Gasteiger charge is 2.31. The minimum atomic E-state index is -0.106. The smallest absolute Gasteiger partial charge is 0.239 e. The lowest BCUT2D eigenvalue weighted by Gasteiger charge is -2.34.